The Morgan fingerprint density at radius 3 is 2.71 bits per heavy atom. The van der Waals surface area contributed by atoms with Gasteiger partial charge in [-0.25, -0.2) is 9.78 Å². The van der Waals surface area contributed by atoms with Crippen LogP contribution in [-0.4, -0.2) is 29.8 Å². The van der Waals surface area contributed by atoms with Gasteiger partial charge in [-0.2, -0.15) is 13.2 Å². The number of pyridine rings is 1. The maximum Gasteiger partial charge on any atom is 0.422 e. The quantitative estimate of drug-likeness (QED) is 0.775. The Morgan fingerprint density at radius 1 is 1.18 bits per heavy atom. The normalized spacial score (nSPS) is 19.2. The third kappa shape index (κ3) is 6.14. The Morgan fingerprint density at radius 2 is 1.96 bits per heavy atom. The summed E-state index contributed by atoms with van der Waals surface area (Å²) in [6.07, 6.45) is -0.240. The molecule has 1 saturated carbocycles. The number of amides is 2. The van der Waals surface area contributed by atoms with Crippen LogP contribution < -0.4 is 15.4 Å². The van der Waals surface area contributed by atoms with Crippen LogP contribution in [0.2, 0.25) is 0 Å². The number of carbonyl (C=O) groups is 1. The number of carbonyl (C=O) groups excluding carboxylic acids is 1. The number of aromatic nitrogens is 1. The molecule has 2 unspecified atom stereocenters. The lowest BCUT2D eigenvalue weighted by atomic mass is 9.98. The summed E-state index contributed by atoms with van der Waals surface area (Å²) in [5, 5.41) is 5.69. The van der Waals surface area contributed by atoms with Crippen molar-refractivity contribution in [3.63, 3.8) is 0 Å². The topological polar surface area (TPSA) is 63.2 Å². The minimum atomic E-state index is -4.42. The molecule has 0 saturated heterocycles. The Kier molecular flexibility index (Phi) is 6.38. The largest absolute Gasteiger partial charge is 0.468 e. The van der Waals surface area contributed by atoms with Gasteiger partial charge in [-0.05, 0) is 42.4 Å². The number of hydrogen-bond acceptors (Lipinski definition) is 3. The van der Waals surface area contributed by atoms with Gasteiger partial charge in [0.1, 0.15) is 0 Å². The lowest BCUT2D eigenvalue weighted by Gasteiger charge is -2.15. The molecular formula is C20H22F3N3O2. The van der Waals surface area contributed by atoms with Gasteiger partial charge in [-0.1, -0.05) is 30.3 Å². The number of ether oxygens (including phenoxy) is 1. The van der Waals surface area contributed by atoms with Crippen LogP contribution in [0.25, 0.3) is 0 Å². The number of nitrogens with one attached hydrogen (secondary N) is 2. The predicted octanol–water partition coefficient (Wildman–Crippen LogP) is 4.16. The summed E-state index contributed by atoms with van der Waals surface area (Å²) in [4.78, 5) is 15.9. The van der Waals surface area contributed by atoms with Crippen molar-refractivity contribution < 1.29 is 22.7 Å². The zero-order valence-electron chi connectivity index (χ0n) is 15.2. The maximum atomic E-state index is 12.2. The van der Waals surface area contributed by atoms with Crippen molar-refractivity contribution in [2.24, 2.45) is 0 Å². The summed E-state index contributed by atoms with van der Waals surface area (Å²) >= 11 is 0. The monoisotopic (exact) mass is 393 g/mol. The predicted molar refractivity (Wildman–Crippen MR) is 98.0 cm³/mol. The smallest absolute Gasteiger partial charge is 0.422 e. The SMILES string of the molecule is O=C(NCc1ccnc(OCC(F)(F)F)c1)NC1CCC(c2ccccc2)C1. The van der Waals surface area contributed by atoms with Gasteiger partial charge in [0, 0.05) is 24.8 Å². The van der Waals surface area contributed by atoms with Crippen LogP contribution in [-0.2, 0) is 6.54 Å². The molecule has 1 aromatic heterocycles. The molecule has 1 aliphatic rings. The molecule has 1 heterocycles. The molecule has 2 N–H and O–H groups in total. The van der Waals surface area contributed by atoms with Crippen LogP contribution >= 0.6 is 0 Å². The van der Waals surface area contributed by atoms with Gasteiger partial charge < -0.3 is 15.4 Å². The number of halogens is 3. The van der Waals surface area contributed by atoms with Gasteiger partial charge in [0.15, 0.2) is 6.61 Å². The van der Waals surface area contributed by atoms with E-state index in [2.05, 4.69) is 32.5 Å². The molecule has 0 aliphatic heterocycles. The molecular weight excluding hydrogens is 371 g/mol. The average Bonchev–Trinajstić information content (AvgIpc) is 3.14. The molecule has 150 valence electrons. The van der Waals surface area contributed by atoms with Crippen molar-refractivity contribution in [2.75, 3.05) is 6.61 Å². The van der Waals surface area contributed by atoms with Crippen molar-refractivity contribution in [3.8, 4) is 5.88 Å². The zero-order valence-corrected chi connectivity index (χ0v) is 15.2. The highest BCUT2D eigenvalue weighted by Crippen LogP contribution is 2.34. The van der Waals surface area contributed by atoms with E-state index < -0.39 is 12.8 Å². The summed E-state index contributed by atoms with van der Waals surface area (Å²) in [6.45, 7) is -1.23. The van der Waals surface area contributed by atoms with Crippen LogP contribution in [0.4, 0.5) is 18.0 Å². The van der Waals surface area contributed by atoms with Crippen molar-refractivity contribution in [2.45, 2.75) is 43.9 Å². The molecule has 2 amide bonds. The number of urea groups is 1. The summed E-state index contributed by atoms with van der Waals surface area (Å²) in [6, 6.07) is 13.0. The van der Waals surface area contributed by atoms with Crippen molar-refractivity contribution in [3.05, 3.63) is 59.8 Å². The first-order valence-corrected chi connectivity index (χ1v) is 9.13. The number of hydrogen-bond donors (Lipinski definition) is 2. The van der Waals surface area contributed by atoms with Crippen LogP contribution in [0.15, 0.2) is 48.7 Å². The highest BCUT2D eigenvalue weighted by Gasteiger charge is 2.29. The Balaban J connectivity index is 1.43. The first-order chi connectivity index (χ1) is 13.4. The minimum Gasteiger partial charge on any atom is -0.468 e. The number of nitrogens with zero attached hydrogens (tertiary/aromatic N) is 1. The molecule has 8 heteroatoms. The lowest BCUT2D eigenvalue weighted by Crippen LogP contribution is -2.40. The number of rotatable bonds is 6. The molecule has 28 heavy (non-hydrogen) atoms. The molecule has 1 aliphatic carbocycles. The molecule has 0 radical (unpaired) electrons. The minimum absolute atomic E-state index is 0.105. The second-order valence-electron chi connectivity index (χ2n) is 6.85. The van der Waals surface area contributed by atoms with Gasteiger partial charge in [0.05, 0.1) is 0 Å². The maximum absolute atomic E-state index is 12.2. The van der Waals surface area contributed by atoms with Crippen LogP contribution in [0.3, 0.4) is 0 Å². The number of alkyl halides is 3. The van der Waals surface area contributed by atoms with Gasteiger partial charge in [0.2, 0.25) is 5.88 Å². The van der Waals surface area contributed by atoms with Crippen LogP contribution in [0, 0.1) is 0 Å². The van der Waals surface area contributed by atoms with Gasteiger partial charge in [-0.3, -0.25) is 0 Å². The molecule has 3 rings (SSSR count). The van der Waals surface area contributed by atoms with Crippen LogP contribution in [0.5, 0.6) is 5.88 Å². The molecule has 1 fully saturated rings. The molecule has 0 bridgehead atoms. The lowest BCUT2D eigenvalue weighted by molar-refractivity contribution is -0.154. The number of benzene rings is 1. The first-order valence-electron chi connectivity index (χ1n) is 9.13. The Bertz CT molecular complexity index is 784. The van der Waals surface area contributed by atoms with Crippen molar-refractivity contribution in [1.82, 2.24) is 15.6 Å². The third-order valence-corrected chi connectivity index (χ3v) is 4.67. The standard InChI is InChI=1S/C20H22F3N3O2/c21-20(22,23)13-28-18-10-14(8-9-24-18)12-25-19(27)26-17-7-6-16(11-17)15-4-2-1-3-5-15/h1-5,8-10,16-17H,6-7,11-13H2,(H2,25,26,27). The Hall–Kier alpha value is -2.77. The molecule has 0 spiro atoms. The second-order valence-corrected chi connectivity index (χ2v) is 6.85. The average molecular weight is 393 g/mol. The Labute approximate surface area is 161 Å². The fraction of sp³-hybridized carbons (Fsp3) is 0.400. The second kappa shape index (κ2) is 8.95. The summed E-state index contributed by atoms with van der Waals surface area (Å²) < 4.78 is 41.2. The van der Waals surface area contributed by atoms with E-state index in [-0.39, 0.29) is 24.5 Å². The van der Waals surface area contributed by atoms with E-state index in [0.29, 0.717) is 11.5 Å². The zero-order chi connectivity index (χ0) is 20.0. The molecule has 2 atom stereocenters. The fourth-order valence-electron chi connectivity index (χ4n) is 3.35. The van der Waals surface area contributed by atoms with E-state index in [1.807, 2.05) is 18.2 Å². The van der Waals surface area contributed by atoms with E-state index >= 15 is 0 Å². The molecule has 2 aromatic rings. The van der Waals surface area contributed by atoms with E-state index in [0.717, 1.165) is 19.3 Å². The van der Waals surface area contributed by atoms with E-state index in [4.69, 9.17) is 0 Å². The van der Waals surface area contributed by atoms with E-state index in [1.165, 1.54) is 17.8 Å². The highest BCUT2D eigenvalue weighted by molar-refractivity contribution is 5.74. The summed E-state index contributed by atoms with van der Waals surface area (Å²) in [7, 11) is 0. The van der Waals surface area contributed by atoms with Crippen molar-refractivity contribution in [1.29, 1.82) is 0 Å². The van der Waals surface area contributed by atoms with Gasteiger partial charge in [-0.15, -0.1) is 0 Å². The van der Waals surface area contributed by atoms with E-state index in [1.54, 1.807) is 6.07 Å². The van der Waals surface area contributed by atoms with Crippen LogP contribution in [0.1, 0.15) is 36.3 Å². The molecule has 5 nitrogen and oxygen atoms in total. The van der Waals surface area contributed by atoms with Gasteiger partial charge >= 0.3 is 12.2 Å². The first kappa shape index (κ1) is 20.0. The molecule has 1 aromatic carbocycles. The van der Waals surface area contributed by atoms with Crippen molar-refractivity contribution >= 4 is 6.03 Å². The summed E-state index contributed by atoms with van der Waals surface area (Å²) in [5.74, 6) is 0.318. The van der Waals surface area contributed by atoms with Gasteiger partial charge in [0.25, 0.3) is 0 Å². The fourth-order valence-corrected chi connectivity index (χ4v) is 3.35. The highest BCUT2D eigenvalue weighted by atomic mass is 19.4. The third-order valence-electron chi connectivity index (χ3n) is 4.67. The van der Waals surface area contributed by atoms with E-state index in [9.17, 15) is 18.0 Å². The summed E-state index contributed by atoms with van der Waals surface area (Å²) in [5.41, 5.74) is 1.89.